The molecule has 3 nitrogen and oxygen atoms in total. The lowest BCUT2D eigenvalue weighted by atomic mass is 10.1. The third-order valence-corrected chi connectivity index (χ3v) is 2.10. The molecule has 68 valence electrons. The molecule has 0 aliphatic heterocycles. The molecule has 0 bridgehead atoms. The summed E-state index contributed by atoms with van der Waals surface area (Å²) in [4.78, 5) is 10.5. The first kappa shape index (κ1) is 9.10. The zero-order valence-electron chi connectivity index (χ0n) is 7.54. The molecular weight excluding hydrogens is 154 g/mol. The maximum Gasteiger partial charge on any atom is 0.404 e. The van der Waals surface area contributed by atoms with Crippen molar-refractivity contribution in [2.45, 2.75) is 32.8 Å². The van der Waals surface area contributed by atoms with Gasteiger partial charge in [0.05, 0.1) is 0 Å². The second-order valence-electron chi connectivity index (χ2n) is 3.20. The third-order valence-electron chi connectivity index (χ3n) is 2.10. The third kappa shape index (κ3) is 2.26. The van der Waals surface area contributed by atoms with Crippen molar-refractivity contribution < 1.29 is 9.53 Å². The molecule has 0 aromatic carbocycles. The summed E-state index contributed by atoms with van der Waals surface area (Å²) < 4.78 is 4.97. The Bertz CT molecular complexity index is 211. The van der Waals surface area contributed by atoms with Gasteiger partial charge in [-0.15, -0.1) is 0 Å². The van der Waals surface area contributed by atoms with Gasteiger partial charge in [-0.1, -0.05) is 25.0 Å². The van der Waals surface area contributed by atoms with Crippen molar-refractivity contribution in [2.75, 3.05) is 0 Å². The van der Waals surface area contributed by atoms with Gasteiger partial charge in [0.25, 0.3) is 0 Å². The summed E-state index contributed by atoms with van der Waals surface area (Å²) in [6, 6.07) is 0. The molecule has 0 aromatic heterocycles. The van der Waals surface area contributed by atoms with Crippen LogP contribution in [-0.2, 0) is 4.74 Å². The maximum atomic E-state index is 10.5. The first-order valence-electron chi connectivity index (χ1n) is 4.29. The molecule has 2 N–H and O–H groups in total. The average molecular weight is 169 g/mol. The number of nitrogens with two attached hydrogens (primary N) is 1. The Morgan fingerprint density at radius 3 is 2.75 bits per heavy atom. The minimum absolute atomic E-state index is 0.0208. The van der Waals surface area contributed by atoms with Gasteiger partial charge in [0.2, 0.25) is 0 Å². The van der Waals surface area contributed by atoms with Crippen LogP contribution in [0, 0.1) is 5.92 Å². The summed E-state index contributed by atoms with van der Waals surface area (Å²) in [5.41, 5.74) is 6.25. The summed E-state index contributed by atoms with van der Waals surface area (Å²) in [6.07, 6.45) is 3.31. The van der Waals surface area contributed by atoms with E-state index in [-0.39, 0.29) is 6.10 Å². The van der Waals surface area contributed by atoms with Gasteiger partial charge >= 0.3 is 6.09 Å². The molecule has 0 radical (unpaired) electrons. The standard InChI is InChI=1S/C9H15NO2/c1-3-4-8(12-9(10)11)7-5-6(7)2/h5,7-8H,3-4H2,1-2H3,(H2,10,11). The van der Waals surface area contributed by atoms with Crippen molar-refractivity contribution >= 4 is 6.09 Å². The SMILES string of the molecule is CCCC(OC(N)=O)C1C=C1C. The van der Waals surface area contributed by atoms with Crippen molar-refractivity contribution in [3.8, 4) is 0 Å². The van der Waals surface area contributed by atoms with Crippen LogP contribution >= 0.6 is 0 Å². The van der Waals surface area contributed by atoms with Gasteiger partial charge in [-0.25, -0.2) is 4.79 Å². The largest absolute Gasteiger partial charge is 0.445 e. The normalized spacial score (nSPS) is 22.8. The number of primary amides is 1. The lowest BCUT2D eigenvalue weighted by Gasteiger charge is -2.15. The second kappa shape index (κ2) is 3.61. The van der Waals surface area contributed by atoms with E-state index in [1.165, 1.54) is 5.57 Å². The molecule has 0 saturated heterocycles. The lowest BCUT2D eigenvalue weighted by molar-refractivity contribution is 0.0912. The molecule has 2 unspecified atom stereocenters. The Kier molecular flexibility index (Phi) is 2.74. The number of rotatable bonds is 4. The molecule has 1 amide bonds. The Balaban J connectivity index is 2.34. The van der Waals surface area contributed by atoms with E-state index < -0.39 is 6.09 Å². The van der Waals surface area contributed by atoms with Crippen LogP contribution in [0.1, 0.15) is 26.7 Å². The van der Waals surface area contributed by atoms with Crippen molar-refractivity contribution in [3.63, 3.8) is 0 Å². The molecule has 2 atom stereocenters. The highest BCUT2D eigenvalue weighted by molar-refractivity contribution is 5.65. The molecule has 0 fully saturated rings. The molecule has 12 heavy (non-hydrogen) atoms. The van der Waals surface area contributed by atoms with E-state index in [0.29, 0.717) is 5.92 Å². The Labute approximate surface area is 72.6 Å². The highest BCUT2D eigenvalue weighted by Gasteiger charge is 2.31. The zero-order valence-corrected chi connectivity index (χ0v) is 7.54. The average Bonchev–Trinajstić information content (AvgIpc) is 2.65. The highest BCUT2D eigenvalue weighted by Crippen LogP contribution is 2.34. The molecule has 1 aliphatic carbocycles. The molecular formula is C9H15NO2. The van der Waals surface area contributed by atoms with Crippen LogP contribution in [0.15, 0.2) is 11.6 Å². The van der Waals surface area contributed by atoms with E-state index in [1.54, 1.807) is 0 Å². The number of hydrogen-bond donors (Lipinski definition) is 1. The zero-order chi connectivity index (χ0) is 9.14. The van der Waals surface area contributed by atoms with Crippen LogP contribution in [0.4, 0.5) is 4.79 Å². The first-order chi connectivity index (χ1) is 5.65. The monoisotopic (exact) mass is 169 g/mol. The van der Waals surface area contributed by atoms with Crippen LogP contribution in [0.3, 0.4) is 0 Å². The van der Waals surface area contributed by atoms with E-state index in [9.17, 15) is 4.79 Å². The summed E-state index contributed by atoms with van der Waals surface area (Å²) >= 11 is 0. The van der Waals surface area contributed by atoms with E-state index in [0.717, 1.165) is 12.8 Å². The predicted octanol–water partition coefficient (Wildman–Crippen LogP) is 1.83. The van der Waals surface area contributed by atoms with Crippen molar-refractivity contribution in [1.29, 1.82) is 0 Å². The van der Waals surface area contributed by atoms with Crippen molar-refractivity contribution in [3.05, 3.63) is 11.6 Å². The summed E-state index contributed by atoms with van der Waals surface area (Å²) in [5.74, 6) is 0.359. The smallest absolute Gasteiger partial charge is 0.404 e. The Hall–Kier alpha value is -0.990. The molecule has 0 saturated carbocycles. The molecule has 0 heterocycles. The molecule has 0 spiro atoms. The Morgan fingerprint density at radius 1 is 1.83 bits per heavy atom. The van der Waals surface area contributed by atoms with Crippen LogP contribution in [0.5, 0.6) is 0 Å². The second-order valence-corrected chi connectivity index (χ2v) is 3.20. The quantitative estimate of drug-likeness (QED) is 0.653. The number of amides is 1. The first-order valence-corrected chi connectivity index (χ1v) is 4.29. The fraction of sp³-hybridized carbons (Fsp3) is 0.667. The minimum atomic E-state index is -0.665. The number of carbonyl (C=O) groups excluding carboxylic acids is 1. The molecule has 0 aromatic rings. The summed E-state index contributed by atoms with van der Waals surface area (Å²) in [5, 5.41) is 0. The van der Waals surface area contributed by atoms with E-state index in [1.807, 2.05) is 6.92 Å². The minimum Gasteiger partial charge on any atom is -0.445 e. The van der Waals surface area contributed by atoms with Crippen LogP contribution < -0.4 is 5.73 Å². The van der Waals surface area contributed by atoms with Gasteiger partial charge in [0, 0.05) is 5.92 Å². The van der Waals surface area contributed by atoms with Crippen molar-refractivity contribution in [2.24, 2.45) is 11.7 Å². The highest BCUT2D eigenvalue weighted by atomic mass is 16.6. The topological polar surface area (TPSA) is 52.3 Å². The van der Waals surface area contributed by atoms with Gasteiger partial charge in [-0.3, -0.25) is 0 Å². The molecule has 3 heteroatoms. The van der Waals surface area contributed by atoms with Crippen LogP contribution in [-0.4, -0.2) is 12.2 Å². The number of ether oxygens (including phenoxy) is 1. The molecule has 1 rings (SSSR count). The van der Waals surface area contributed by atoms with E-state index >= 15 is 0 Å². The Morgan fingerprint density at radius 2 is 2.42 bits per heavy atom. The maximum absolute atomic E-state index is 10.5. The van der Waals surface area contributed by atoms with Crippen molar-refractivity contribution in [1.82, 2.24) is 0 Å². The van der Waals surface area contributed by atoms with Crippen LogP contribution in [0.2, 0.25) is 0 Å². The molecule has 1 aliphatic rings. The van der Waals surface area contributed by atoms with Gasteiger partial charge in [-0.05, 0) is 13.3 Å². The van der Waals surface area contributed by atoms with Crippen LogP contribution in [0.25, 0.3) is 0 Å². The predicted molar refractivity (Wildman–Crippen MR) is 46.6 cm³/mol. The van der Waals surface area contributed by atoms with Gasteiger partial charge in [-0.2, -0.15) is 0 Å². The van der Waals surface area contributed by atoms with E-state index in [4.69, 9.17) is 10.5 Å². The van der Waals surface area contributed by atoms with Gasteiger partial charge < -0.3 is 10.5 Å². The fourth-order valence-corrected chi connectivity index (χ4v) is 1.38. The fourth-order valence-electron chi connectivity index (χ4n) is 1.38. The number of hydrogen-bond acceptors (Lipinski definition) is 2. The lowest BCUT2D eigenvalue weighted by Crippen LogP contribution is -2.25. The summed E-state index contributed by atoms with van der Waals surface area (Å²) in [6.45, 7) is 4.10. The number of carbonyl (C=O) groups is 1. The summed E-state index contributed by atoms with van der Waals surface area (Å²) in [7, 11) is 0. The van der Waals surface area contributed by atoms with Gasteiger partial charge in [0.1, 0.15) is 6.10 Å². The van der Waals surface area contributed by atoms with Gasteiger partial charge in [0.15, 0.2) is 0 Å². The van der Waals surface area contributed by atoms with E-state index in [2.05, 4.69) is 13.0 Å².